The Morgan fingerprint density at radius 1 is 1.42 bits per heavy atom. The zero-order chi connectivity index (χ0) is 13.8. The largest absolute Gasteiger partial charge is 0.481 e. The summed E-state index contributed by atoms with van der Waals surface area (Å²) in [6, 6.07) is -0.294. The molecule has 0 saturated carbocycles. The standard InChI is InChI=1S/C13H22N2O4/c1-9-10(4-6-19-9)8-14-13(18)15-5-2-3-11(15)7-12(16)17/h9-11H,2-8H2,1H3,(H,14,18)(H,16,17). The highest BCUT2D eigenvalue weighted by molar-refractivity contribution is 5.76. The predicted octanol–water partition coefficient (Wildman–Crippen LogP) is 1.06. The van der Waals surface area contributed by atoms with E-state index in [1.54, 1.807) is 4.90 Å². The summed E-state index contributed by atoms with van der Waals surface area (Å²) in [5.74, 6) is -0.480. The third-order valence-corrected chi connectivity index (χ3v) is 4.10. The van der Waals surface area contributed by atoms with E-state index in [2.05, 4.69) is 5.32 Å². The van der Waals surface area contributed by atoms with Gasteiger partial charge < -0.3 is 20.1 Å². The third kappa shape index (κ3) is 3.59. The quantitative estimate of drug-likeness (QED) is 0.800. The topological polar surface area (TPSA) is 78.9 Å². The number of carbonyl (C=O) groups is 2. The van der Waals surface area contributed by atoms with Crippen LogP contribution in [0.5, 0.6) is 0 Å². The number of aliphatic carboxylic acids is 1. The highest BCUT2D eigenvalue weighted by Crippen LogP contribution is 2.22. The molecule has 2 rings (SSSR count). The number of likely N-dealkylation sites (tertiary alicyclic amines) is 1. The molecule has 6 nitrogen and oxygen atoms in total. The van der Waals surface area contributed by atoms with Crippen molar-refractivity contribution in [3.63, 3.8) is 0 Å². The number of rotatable bonds is 4. The number of nitrogens with zero attached hydrogens (tertiary/aromatic N) is 1. The van der Waals surface area contributed by atoms with Crippen molar-refractivity contribution in [2.24, 2.45) is 5.92 Å². The maximum Gasteiger partial charge on any atom is 0.317 e. The van der Waals surface area contributed by atoms with Crippen LogP contribution in [0.3, 0.4) is 0 Å². The zero-order valence-electron chi connectivity index (χ0n) is 11.3. The van der Waals surface area contributed by atoms with Gasteiger partial charge in [-0.2, -0.15) is 0 Å². The first-order valence-electron chi connectivity index (χ1n) is 6.96. The van der Waals surface area contributed by atoms with Gasteiger partial charge >= 0.3 is 12.0 Å². The second kappa shape index (κ2) is 6.23. The van der Waals surface area contributed by atoms with Crippen molar-refractivity contribution < 1.29 is 19.4 Å². The lowest BCUT2D eigenvalue weighted by Crippen LogP contribution is -2.45. The summed E-state index contributed by atoms with van der Waals surface area (Å²) < 4.78 is 5.45. The van der Waals surface area contributed by atoms with Crippen LogP contribution in [0.15, 0.2) is 0 Å². The van der Waals surface area contributed by atoms with E-state index in [1.807, 2.05) is 6.92 Å². The lowest BCUT2D eigenvalue weighted by molar-refractivity contribution is -0.137. The Kier molecular flexibility index (Phi) is 4.63. The number of carboxylic acids is 1. The first-order chi connectivity index (χ1) is 9.08. The van der Waals surface area contributed by atoms with Crippen molar-refractivity contribution in [3.8, 4) is 0 Å². The van der Waals surface area contributed by atoms with Crippen LogP contribution >= 0.6 is 0 Å². The molecule has 0 aliphatic carbocycles. The van der Waals surface area contributed by atoms with Gasteiger partial charge in [0.15, 0.2) is 0 Å². The Bertz CT molecular complexity index is 348. The number of hydrogen-bond acceptors (Lipinski definition) is 3. The first kappa shape index (κ1) is 14.1. The first-order valence-corrected chi connectivity index (χ1v) is 6.96. The van der Waals surface area contributed by atoms with Crippen LogP contribution in [0.4, 0.5) is 4.79 Å². The summed E-state index contributed by atoms with van der Waals surface area (Å²) in [6.45, 7) is 4.04. The number of amides is 2. The fourth-order valence-corrected chi connectivity index (χ4v) is 2.88. The second-order valence-corrected chi connectivity index (χ2v) is 5.40. The number of hydrogen-bond donors (Lipinski definition) is 2. The number of ether oxygens (including phenoxy) is 1. The average molecular weight is 270 g/mol. The van der Waals surface area contributed by atoms with Crippen LogP contribution in [-0.4, -0.2) is 53.8 Å². The summed E-state index contributed by atoms with van der Waals surface area (Å²) in [6.07, 6.45) is 2.86. The minimum Gasteiger partial charge on any atom is -0.481 e. The maximum atomic E-state index is 12.1. The summed E-state index contributed by atoms with van der Waals surface area (Å²) >= 11 is 0. The van der Waals surface area contributed by atoms with Crippen molar-refractivity contribution in [1.29, 1.82) is 0 Å². The highest BCUT2D eigenvalue weighted by Gasteiger charge is 2.31. The summed E-state index contributed by atoms with van der Waals surface area (Å²) in [5, 5.41) is 11.8. The van der Waals surface area contributed by atoms with Gasteiger partial charge in [0.05, 0.1) is 12.5 Å². The van der Waals surface area contributed by atoms with Crippen LogP contribution in [0, 0.1) is 5.92 Å². The SMILES string of the molecule is CC1OCCC1CNC(=O)N1CCCC1CC(=O)O. The molecule has 0 spiro atoms. The molecule has 2 saturated heterocycles. The van der Waals surface area contributed by atoms with E-state index in [4.69, 9.17) is 9.84 Å². The Morgan fingerprint density at radius 3 is 2.84 bits per heavy atom. The van der Waals surface area contributed by atoms with Crippen molar-refractivity contribution in [1.82, 2.24) is 10.2 Å². The highest BCUT2D eigenvalue weighted by atomic mass is 16.5. The molecule has 2 aliphatic heterocycles. The molecule has 0 radical (unpaired) electrons. The minimum atomic E-state index is -0.845. The van der Waals surface area contributed by atoms with Gasteiger partial charge in [-0.25, -0.2) is 4.79 Å². The van der Waals surface area contributed by atoms with Crippen LogP contribution < -0.4 is 5.32 Å². The number of nitrogens with one attached hydrogen (secondary N) is 1. The number of carbonyl (C=O) groups excluding carboxylic acids is 1. The van der Waals surface area contributed by atoms with E-state index in [0.29, 0.717) is 19.0 Å². The van der Waals surface area contributed by atoms with Crippen LogP contribution in [0.2, 0.25) is 0 Å². The molecule has 2 aliphatic rings. The van der Waals surface area contributed by atoms with E-state index in [0.717, 1.165) is 25.9 Å². The molecule has 3 unspecified atom stereocenters. The Hall–Kier alpha value is -1.30. The molecule has 108 valence electrons. The van der Waals surface area contributed by atoms with Gasteiger partial charge in [-0.05, 0) is 26.2 Å². The van der Waals surface area contributed by atoms with Crippen LogP contribution in [0.1, 0.15) is 32.6 Å². The van der Waals surface area contributed by atoms with Gasteiger partial charge in [0.25, 0.3) is 0 Å². The van der Waals surface area contributed by atoms with Crippen molar-refractivity contribution in [3.05, 3.63) is 0 Å². The molecule has 0 aromatic heterocycles. The number of urea groups is 1. The molecule has 6 heteroatoms. The fraction of sp³-hybridized carbons (Fsp3) is 0.846. The zero-order valence-corrected chi connectivity index (χ0v) is 11.3. The Labute approximate surface area is 113 Å². The third-order valence-electron chi connectivity index (χ3n) is 4.10. The molecule has 3 atom stereocenters. The summed E-state index contributed by atoms with van der Waals surface area (Å²) in [4.78, 5) is 24.5. The van der Waals surface area contributed by atoms with Crippen molar-refractivity contribution in [2.45, 2.75) is 44.8 Å². The summed E-state index contributed by atoms with van der Waals surface area (Å²) in [5.41, 5.74) is 0. The molecular formula is C13H22N2O4. The molecule has 2 N–H and O–H groups in total. The van der Waals surface area contributed by atoms with Crippen molar-refractivity contribution >= 4 is 12.0 Å². The van der Waals surface area contributed by atoms with Crippen LogP contribution in [-0.2, 0) is 9.53 Å². The summed E-state index contributed by atoms with van der Waals surface area (Å²) in [7, 11) is 0. The van der Waals surface area contributed by atoms with E-state index < -0.39 is 5.97 Å². The lowest BCUT2D eigenvalue weighted by Gasteiger charge is -2.25. The average Bonchev–Trinajstić information content (AvgIpc) is 2.95. The predicted molar refractivity (Wildman–Crippen MR) is 68.9 cm³/mol. The van der Waals surface area contributed by atoms with Gasteiger partial charge in [0.1, 0.15) is 0 Å². The molecule has 19 heavy (non-hydrogen) atoms. The van der Waals surface area contributed by atoms with Crippen molar-refractivity contribution in [2.75, 3.05) is 19.7 Å². The molecule has 0 aromatic carbocycles. The fourth-order valence-electron chi connectivity index (χ4n) is 2.88. The van der Waals surface area contributed by atoms with Gasteiger partial charge in [-0.1, -0.05) is 0 Å². The Balaban J connectivity index is 1.80. The van der Waals surface area contributed by atoms with Gasteiger partial charge in [-0.15, -0.1) is 0 Å². The molecule has 2 fully saturated rings. The lowest BCUT2D eigenvalue weighted by atomic mass is 10.0. The van der Waals surface area contributed by atoms with E-state index in [1.165, 1.54) is 0 Å². The molecule has 0 bridgehead atoms. The van der Waals surface area contributed by atoms with Crippen LogP contribution in [0.25, 0.3) is 0 Å². The minimum absolute atomic E-state index is 0.0381. The second-order valence-electron chi connectivity index (χ2n) is 5.40. The Morgan fingerprint density at radius 2 is 2.21 bits per heavy atom. The maximum absolute atomic E-state index is 12.1. The molecule has 2 amide bonds. The normalized spacial score (nSPS) is 30.6. The van der Waals surface area contributed by atoms with E-state index in [9.17, 15) is 9.59 Å². The van der Waals surface area contributed by atoms with Gasteiger partial charge in [-0.3, -0.25) is 4.79 Å². The smallest absolute Gasteiger partial charge is 0.317 e. The number of carboxylic acid groups (broad SMARTS) is 1. The van der Waals surface area contributed by atoms with E-state index in [-0.39, 0.29) is 24.6 Å². The van der Waals surface area contributed by atoms with E-state index >= 15 is 0 Å². The molecule has 0 aromatic rings. The monoisotopic (exact) mass is 270 g/mol. The van der Waals surface area contributed by atoms with Gasteiger partial charge in [0.2, 0.25) is 0 Å². The molecular weight excluding hydrogens is 248 g/mol. The van der Waals surface area contributed by atoms with Gasteiger partial charge in [0, 0.05) is 31.7 Å². The molecule has 2 heterocycles.